The van der Waals surface area contributed by atoms with Crippen LogP contribution in [0.3, 0.4) is 0 Å². The first kappa shape index (κ1) is 9.24. The van der Waals surface area contributed by atoms with E-state index in [1.54, 1.807) is 0 Å². The Hall–Kier alpha value is -0.120. The van der Waals surface area contributed by atoms with E-state index in [4.69, 9.17) is 14.2 Å². The van der Waals surface area contributed by atoms with E-state index in [-0.39, 0.29) is 33.6 Å². The van der Waals surface area contributed by atoms with Crippen LogP contribution in [-0.2, 0) is 14.2 Å². The first-order chi connectivity index (χ1) is 10.3. The largest absolute Gasteiger partial charge is 0.355 e. The molecule has 3 nitrogen and oxygen atoms in total. The number of hydrogen-bond donors (Lipinski definition) is 0. The van der Waals surface area contributed by atoms with Gasteiger partial charge in [-0.25, -0.2) is 0 Å². The van der Waals surface area contributed by atoms with Crippen molar-refractivity contribution >= 4 is 0 Å². The minimum atomic E-state index is 0.137. The zero-order valence-corrected chi connectivity index (χ0v) is 11.9. The second-order valence-corrected chi connectivity index (χ2v) is 10.3. The van der Waals surface area contributed by atoms with Crippen LogP contribution in [0.4, 0.5) is 0 Å². The van der Waals surface area contributed by atoms with Crippen LogP contribution in [0.5, 0.6) is 0 Å². The van der Waals surface area contributed by atoms with Gasteiger partial charge in [-0.15, -0.1) is 0 Å². The number of hydrogen-bond acceptors (Lipinski definition) is 3. The molecule has 0 radical (unpaired) electrons. The van der Waals surface area contributed by atoms with Crippen LogP contribution < -0.4 is 0 Å². The Labute approximate surface area is 122 Å². The normalized spacial score (nSPS) is 96.0. The van der Waals surface area contributed by atoms with Crippen LogP contribution in [0.2, 0.25) is 0 Å². The maximum Gasteiger partial charge on any atom is 0.136 e. The molecule has 9 saturated carbocycles. The fraction of sp³-hybridized carbons (Fsp3) is 1.00. The Balaban J connectivity index is 1.44. The molecule has 12 rings (SSSR count). The van der Waals surface area contributed by atoms with E-state index in [2.05, 4.69) is 0 Å². The summed E-state index contributed by atoms with van der Waals surface area (Å²) in [7, 11) is 0. The van der Waals surface area contributed by atoms with Crippen molar-refractivity contribution in [1.29, 1.82) is 0 Å². The predicted molar refractivity (Wildman–Crippen MR) is 68.3 cm³/mol. The molecular formula is C18H18O3. The van der Waals surface area contributed by atoms with Crippen molar-refractivity contribution in [1.82, 2.24) is 0 Å². The van der Waals surface area contributed by atoms with Gasteiger partial charge in [-0.1, -0.05) is 0 Å². The maximum absolute atomic E-state index is 6.94. The summed E-state index contributed by atoms with van der Waals surface area (Å²) in [4.78, 5) is 0. The van der Waals surface area contributed by atoms with E-state index in [1.807, 2.05) is 0 Å². The van der Waals surface area contributed by atoms with Crippen molar-refractivity contribution in [2.24, 2.45) is 35.5 Å². The number of ether oxygens (including phenoxy) is 3. The molecule has 3 saturated heterocycles. The summed E-state index contributed by atoms with van der Waals surface area (Å²) < 4.78 is 20.8. The van der Waals surface area contributed by atoms with E-state index < -0.39 is 0 Å². The van der Waals surface area contributed by atoms with Crippen LogP contribution in [0.15, 0.2) is 0 Å². The monoisotopic (exact) mass is 282 g/mol. The van der Waals surface area contributed by atoms with Gasteiger partial charge in [0.2, 0.25) is 0 Å². The average Bonchev–Trinajstić information content (AvgIpc) is 3.05. The SMILES string of the molecule is C1C2CC1C13OC14C1CC(C1)C41OC14C1CC(C1)C41OC213. The highest BCUT2D eigenvalue weighted by molar-refractivity contribution is 5.69. The molecule has 3 aliphatic heterocycles. The summed E-state index contributed by atoms with van der Waals surface area (Å²) in [5.74, 6) is 4.91. The van der Waals surface area contributed by atoms with Gasteiger partial charge in [0.05, 0.1) is 0 Å². The van der Waals surface area contributed by atoms with Crippen molar-refractivity contribution in [3.05, 3.63) is 0 Å². The van der Waals surface area contributed by atoms with Crippen molar-refractivity contribution in [2.45, 2.75) is 72.1 Å². The molecule has 6 bridgehead atoms. The second kappa shape index (κ2) is 1.79. The third-order valence-electron chi connectivity index (χ3n) is 11.0. The molecule has 108 valence electrons. The summed E-state index contributed by atoms with van der Waals surface area (Å²) >= 11 is 0. The summed E-state index contributed by atoms with van der Waals surface area (Å²) in [6, 6.07) is 0. The average molecular weight is 282 g/mol. The molecule has 0 aromatic rings. The Morgan fingerprint density at radius 1 is 0.381 bits per heavy atom. The van der Waals surface area contributed by atoms with Gasteiger partial charge in [0.25, 0.3) is 0 Å². The molecule has 0 amide bonds. The molecule has 3 heteroatoms. The molecule has 0 N–H and O–H groups in total. The molecule has 21 heavy (non-hydrogen) atoms. The standard InChI is InChI=1S/C18H18O3/c1-7-2-8(1)14-13(7)15(19-13)9-3-11(4-9)17(15)18(21-17)12-5-10(6-12)16(14,18)20-14/h7-12H,1-6H2. The molecule has 9 aliphatic carbocycles. The molecular weight excluding hydrogens is 264 g/mol. The van der Waals surface area contributed by atoms with Crippen LogP contribution in [0, 0.1) is 35.5 Å². The van der Waals surface area contributed by atoms with E-state index in [0.29, 0.717) is 0 Å². The summed E-state index contributed by atoms with van der Waals surface area (Å²) in [5.41, 5.74) is 0.822. The van der Waals surface area contributed by atoms with Crippen molar-refractivity contribution in [3.63, 3.8) is 0 Å². The van der Waals surface area contributed by atoms with Crippen LogP contribution in [-0.4, -0.2) is 33.6 Å². The molecule has 0 aromatic carbocycles. The Morgan fingerprint density at radius 3 is 0.762 bits per heavy atom. The van der Waals surface area contributed by atoms with Gasteiger partial charge in [-0.05, 0) is 74.0 Å². The molecule has 12 aliphatic rings. The van der Waals surface area contributed by atoms with Gasteiger partial charge < -0.3 is 14.2 Å². The lowest BCUT2D eigenvalue weighted by Gasteiger charge is -2.30. The lowest BCUT2D eigenvalue weighted by Crippen LogP contribution is -2.59. The van der Waals surface area contributed by atoms with E-state index in [0.717, 1.165) is 35.5 Å². The third-order valence-corrected chi connectivity index (χ3v) is 11.0. The maximum atomic E-state index is 6.94. The van der Waals surface area contributed by atoms with Gasteiger partial charge in [0.15, 0.2) is 0 Å². The Kier molecular flexibility index (Phi) is 0.789. The Bertz CT molecular complexity index is 570. The molecule has 12 fully saturated rings. The summed E-state index contributed by atoms with van der Waals surface area (Å²) in [6.45, 7) is 0. The molecule has 6 spiro atoms. The molecule has 0 atom stereocenters. The summed E-state index contributed by atoms with van der Waals surface area (Å²) in [6.07, 6.45) is 8.44. The first-order valence-electron chi connectivity index (χ1n) is 9.36. The fourth-order valence-electron chi connectivity index (χ4n) is 10.8. The van der Waals surface area contributed by atoms with Gasteiger partial charge in [0.1, 0.15) is 33.6 Å². The zero-order chi connectivity index (χ0) is 12.8. The third kappa shape index (κ3) is 0.401. The van der Waals surface area contributed by atoms with Gasteiger partial charge in [-0.2, -0.15) is 0 Å². The zero-order valence-electron chi connectivity index (χ0n) is 11.9. The number of epoxide rings is 3. The minimum absolute atomic E-state index is 0.137. The molecule has 0 aromatic heterocycles. The fourth-order valence-corrected chi connectivity index (χ4v) is 10.8. The van der Waals surface area contributed by atoms with Crippen molar-refractivity contribution in [2.75, 3.05) is 0 Å². The quantitative estimate of drug-likeness (QED) is 0.634. The highest BCUT2D eigenvalue weighted by Crippen LogP contribution is 3.06. The van der Waals surface area contributed by atoms with E-state index in [1.165, 1.54) is 38.5 Å². The first-order valence-corrected chi connectivity index (χ1v) is 9.36. The van der Waals surface area contributed by atoms with E-state index >= 15 is 0 Å². The summed E-state index contributed by atoms with van der Waals surface area (Å²) in [5, 5.41) is 0. The van der Waals surface area contributed by atoms with Crippen LogP contribution in [0.25, 0.3) is 0 Å². The lowest BCUT2D eigenvalue weighted by molar-refractivity contribution is 0.161. The van der Waals surface area contributed by atoms with Crippen LogP contribution >= 0.6 is 0 Å². The van der Waals surface area contributed by atoms with Crippen molar-refractivity contribution < 1.29 is 14.2 Å². The molecule has 3 heterocycles. The Morgan fingerprint density at radius 2 is 0.571 bits per heavy atom. The van der Waals surface area contributed by atoms with Gasteiger partial charge >= 0.3 is 0 Å². The van der Waals surface area contributed by atoms with Crippen molar-refractivity contribution in [3.8, 4) is 0 Å². The topological polar surface area (TPSA) is 37.6 Å². The van der Waals surface area contributed by atoms with Crippen LogP contribution in [0.1, 0.15) is 38.5 Å². The lowest BCUT2D eigenvalue weighted by atomic mass is 9.60. The second-order valence-electron chi connectivity index (χ2n) is 10.3. The smallest absolute Gasteiger partial charge is 0.136 e. The van der Waals surface area contributed by atoms with Gasteiger partial charge in [-0.3, -0.25) is 0 Å². The van der Waals surface area contributed by atoms with Gasteiger partial charge in [0, 0.05) is 0 Å². The molecule has 0 unspecified atom stereocenters. The highest BCUT2D eigenvalue weighted by Gasteiger charge is 3.22. The number of rotatable bonds is 0. The minimum Gasteiger partial charge on any atom is -0.355 e. The highest BCUT2D eigenvalue weighted by atomic mass is 16.8. The predicted octanol–water partition coefficient (Wildman–Crippen LogP) is 1.64. The van der Waals surface area contributed by atoms with E-state index in [9.17, 15) is 0 Å².